The molecule has 1 aromatic carbocycles. The normalized spacial score (nSPS) is 10.4. The molecule has 114 valence electrons. The lowest BCUT2D eigenvalue weighted by Gasteiger charge is -2.09. The maximum atomic E-state index is 11.7. The maximum absolute atomic E-state index is 11.7. The van der Waals surface area contributed by atoms with Crippen molar-refractivity contribution in [3.05, 3.63) is 48.0 Å². The summed E-state index contributed by atoms with van der Waals surface area (Å²) in [6.45, 7) is 4.00. The summed E-state index contributed by atoms with van der Waals surface area (Å²) in [6.07, 6.45) is 4.75. The second-order valence-electron chi connectivity index (χ2n) is 4.08. The number of anilines is 1. The molecule has 0 radical (unpaired) electrons. The molecule has 2 aromatic rings. The van der Waals surface area contributed by atoms with Crippen LogP contribution in [0.5, 0.6) is 11.5 Å². The molecule has 0 spiro atoms. The average Bonchev–Trinajstić information content (AvgIpc) is 3.04. The third-order valence-corrected chi connectivity index (χ3v) is 3.17. The molecule has 0 aliphatic rings. The average molecular weight is 317 g/mol. The monoisotopic (exact) mass is 317 g/mol. The molecule has 0 fully saturated rings. The molecule has 0 unspecified atom stereocenters. The van der Waals surface area contributed by atoms with Gasteiger partial charge in [-0.1, -0.05) is 30.1 Å². The van der Waals surface area contributed by atoms with Crippen molar-refractivity contribution in [3.63, 3.8) is 0 Å². The van der Waals surface area contributed by atoms with Gasteiger partial charge in [0.05, 0.1) is 7.11 Å². The van der Waals surface area contributed by atoms with E-state index >= 15 is 0 Å². The lowest BCUT2D eigenvalue weighted by molar-refractivity contribution is -0.111. The minimum Gasteiger partial charge on any atom is -0.493 e. The molecular weight excluding hydrogens is 302 g/mol. The van der Waals surface area contributed by atoms with Gasteiger partial charge in [-0.2, -0.15) is 0 Å². The topological polar surface area (TPSA) is 73.3 Å². The second kappa shape index (κ2) is 7.94. The van der Waals surface area contributed by atoms with E-state index in [0.29, 0.717) is 23.2 Å². The van der Waals surface area contributed by atoms with E-state index in [4.69, 9.17) is 9.47 Å². The third-order valence-electron chi connectivity index (χ3n) is 2.56. The van der Waals surface area contributed by atoms with Crippen LogP contribution in [-0.4, -0.2) is 29.8 Å². The van der Waals surface area contributed by atoms with Gasteiger partial charge in [0.15, 0.2) is 11.5 Å². The van der Waals surface area contributed by atoms with E-state index in [-0.39, 0.29) is 5.91 Å². The van der Waals surface area contributed by atoms with Crippen LogP contribution in [0, 0.1) is 0 Å². The quantitative estimate of drug-likeness (QED) is 0.628. The van der Waals surface area contributed by atoms with Crippen molar-refractivity contribution >= 4 is 28.5 Å². The molecule has 7 heteroatoms. The fourth-order valence-corrected chi connectivity index (χ4v) is 2.05. The molecule has 6 nitrogen and oxygen atoms in total. The molecule has 1 N–H and O–H groups in total. The largest absolute Gasteiger partial charge is 0.493 e. The highest BCUT2D eigenvalue weighted by Gasteiger charge is 2.05. The van der Waals surface area contributed by atoms with Gasteiger partial charge < -0.3 is 9.47 Å². The lowest BCUT2D eigenvalue weighted by atomic mass is 10.2. The number of carbonyl (C=O) groups excluding carboxylic acids is 1. The number of carbonyl (C=O) groups is 1. The predicted octanol–water partition coefficient (Wildman–Crippen LogP) is 2.76. The van der Waals surface area contributed by atoms with Crippen LogP contribution in [0.15, 0.2) is 42.4 Å². The van der Waals surface area contributed by atoms with E-state index in [9.17, 15) is 4.79 Å². The minimum atomic E-state index is -0.275. The molecule has 0 aliphatic heterocycles. The number of aromatic nitrogens is 2. The first-order valence-corrected chi connectivity index (χ1v) is 7.28. The molecule has 1 aromatic heterocycles. The molecule has 22 heavy (non-hydrogen) atoms. The van der Waals surface area contributed by atoms with Gasteiger partial charge in [-0.3, -0.25) is 10.1 Å². The first-order chi connectivity index (χ1) is 10.7. The van der Waals surface area contributed by atoms with Crippen molar-refractivity contribution < 1.29 is 14.3 Å². The molecule has 0 bridgehead atoms. The van der Waals surface area contributed by atoms with Crippen molar-refractivity contribution in [3.8, 4) is 11.5 Å². The summed E-state index contributed by atoms with van der Waals surface area (Å²) in [5.74, 6) is 0.939. The van der Waals surface area contributed by atoms with E-state index in [0.717, 1.165) is 5.56 Å². The highest BCUT2D eigenvalue weighted by atomic mass is 32.1. The van der Waals surface area contributed by atoms with Crippen molar-refractivity contribution in [2.24, 2.45) is 0 Å². The Morgan fingerprint density at radius 2 is 2.32 bits per heavy atom. The molecule has 1 amide bonds. The Morgan fingerprint density at radius 1 is 1.45 bits per heavy atom. The van der Waals surface area contributed by atoms with Gasteiger partial charge in [0.25, 0.3) is 0 Å². The first-order valence-electron chi connectivity index (χ1n) is 6.40. The number of hydrogen-bond donors (Lipinski definition) is 1. The zero-order valence-electron chi connectivity index (χ0n) is 12.0. The Kier molecular flexibility index (Phi) is 5.67. The summed E-state index contributed by atoms with van der Waals surface area (Å²) in [5, 5.41) is 10.5. The first kappa shape index (κ1) is 15.7. The highest BCUT2D eigenvalue weighted by molar-refractivity contribution is 7.13. The van der Waals surface area contributed by atoms with Gasteiger partial charge in [0, 0.05) is 6.08 Å². The Bertz CT molecular complexity index is 669. The zero-order chi connectivity index (χ0) is 15.8. The predicted molar refractivity (Wildman–Crippen MR) is 86.3 cm³/mol. The van der Waals surface area contributed by atoms with Gasteiger partial charge in [-0.15, -0.1) is 10.2 Å². The van der Waals surface area contributed by atoms with Gasteiger partial charge >= 0.3 is 0 Å². The summed E-state index contributed by atoms with van der Waals surface area (Å²) in [5.41, 5.74) is 2.36. The van der Waals surface area contributed by atoms with Gasteiger partial charge in [-0.05, 0) is 23.8 Å². The number of ether oxygens (including phenoxy) is 2. The van der Waals surface area contributed by atoms with E-state index in [1.165, 1.54) is 17.4 Å². The van der Waals surface area contributed by atoms with Crippen molar-refractivity contribution in [1.29, 1.82) is 0 Å². The SMILES string of the molecule is C=CCOc1ccc(C=CC(=O)Nc2nncs2)cc1OC. The van der Waals surface area contributed by atoms with Gasteiger partial charge in [-0.25, -0.2) is 0 Å². The Balaban J connectivity index is 2.04. The van der Waals surface area contributed by atoms with Crippen LogP contribution in [0.3, 0.4) is 0 Å². The molecule has 0 saturated carbocycles. The van der Waals surface area contributed by atoms with E-state index in [1.54, 1.807) is 36.9 Å². The molecule has 0 atom stereocenters. The fraction of sp³-hybridized carbons (Fsp3) is 0.133. The Hall–Kier alpha value is -2.67. The van der Waals surface area contributed by atoms with Crippen molar-refractivity contribution in [2.75, 3.05) is 19.0 Å². The second-order valence-corrected chi connectivity index (χ2v) is 4.91. The van der Waals surface area contributed by atoms with Crippen LogP contribution >= 0.6 is 11.3 Å². The van der Waals surface area contributed by atoms with Crippen molar-refractivity contribution in [1.82, 2.24) is 10.2 Å². The minimum absolute atomic E-state index is 0.275. The number of methoxy groups -OCH3 is 1. The van der Waals surface area contributed by atoms with Gasteiger partial charge in [0.2, 0.25) is 11.0 Å². The van der Waals surface area contributed by atoms with Crippen LogP contribution < -0.4 is 14.8 Å². The van der Waals surface area contributed by atoms with E-state index in [1.807, 2.05) is 6.07 Å². The van der Waals surface area contributed by atoms with Crippen LogP contribution in [0.25, 0.3) is 6.08 Å². The highest BCUT2D eigenvalue weighted by Crippen LogP contribution is 2.28. The van der Waals surface area contributed by atoms with Crippen LogP contribution in [0.4, 0.5) is 5.13 Å². The summed E-state index contributed by atoms with van der Waals surface area (Å²) in [4.78, 5) is 11.7. The molecule has 0 aliphatic carbocycles. The number of hydrogen-bond acceptors (Lipinski definition) is 6. The van der Waals surface area contributed by atoms with Crippen LogP contribution in [0.2, 0.25) is 0 Å². The summed E-state index contributed by atoms with van der Waals surface area (Å²) >= 11 is 1.26. The number of nitrogens with zero attached hydrogens (tertiary/aromatic N) is 2. The van der Waals surface area contributed by atoms with Crippen molar-refractivity contribution in [2.45, 2.75) is 0 Å². The Morgan fingerprint density at radius 3 is 3.00 bits per heavy atom. The van der Waals surface area contributed by atoms with E-state index in [2.05, 4.69) is 22.1 Å². The molecule has 0 saturated heterocycles. The molecule has 2 rings (SSSR count). The van der Waals surface area contributed by atoms with Crippen LogP contribution in [-0.2, 0) is 4.79 Å². The Labute approximate surface area is 132 Å². The number of nitrogens with one attached hydrogen (secondary N) is 1. The zero-order valence-corrected chi connectivity index (χ0v) is 12.8. The van der Waals surface area contributed by atoms with Gasteiger partial charge in [0.1, 0.15) is 12.1 Å². The molecule has 1 heterocycles. The summed E-state index contributed by atoms with van der Waals surface area (Å²) in [7, 11) is 1.56. The standard InChI is InChI=1S/C15H15N3O3S/c1-3-8-21-12-6-4-11(9-13(12)20-2)5-7-14(19)17-15-18-16-10-22-15/h3-7,9-10H,1,8H2,2H3,(H,17,18,19). The van der Waals surface area contributed by atoms with Crippen LogP contribution in [0.1, 0.15) is 5.56 Å². The lowest BCUT2D eigenvalue weighted by Crippen LogP contribution is -2.07. The third kappa shape index (κ3) is 4.42. The number of amides is 1. The fourth-order valence-electron chi connectivity index (χ4n) is 1.60. The summed E-state index contributed by atoms with van der Waals surface area (Å²) in [6, 6.07) is 5.40. The van der Waals surface area contributed by atoms with E-state index < -0.39 is 0 Å². The number of rotatable bonds is 7. The maximum Gasteiger partial charge on any atom is 0.250 e. The molecular formula is C15H15N3O3S. The smallest absolute Gasteiger partial charge is 0.250 e. The summed E-state index contributed by atoms with van der Waals surface area (Å²) < 4.78 is 10.7. The number of benzene rings is 1.